The van der Waals surface area contributed by atoms with E-state index in [0.29, 0.717) is 17.4 Å². The zero-order chi connectivity index (χ0) is 59.3. The molecule has 10 heteroatoms. The lowest BCUT2D eigenvalue weighted by atomic mass is 10.0. The third-order valence-electron chi connectivity index (χ3n) is 14.2. The first-order valence-electron chi connectivity index (χ1n) is 33.2. The second-order valence-electron chi connectivity index (χ2n) is 23.3. The van der Waals surface area contributed by atoms with Gasteiger partial charge in [0.2, 0.25) is 5.91 Å². The number of esters is 1. The molecule has 0 saturated carbocycles. The number of phosphoric acid groups is 1. The van der Waals surface area contributed by atoms with Gasteiger partial charge in [0.25, 0.3) is 0 Å². The normalized spacial score (nSPS) is 14.3. The maximum absolute atomic E-state index is 13.6. The Kier molecular flexibility index (Phi) is 57.4. The number of hydrogen-bond donors (Lipinski definition) is 2. The highest BCUT2D eigenvalue weighted by molar-refractivity contribution is 7.47. The van der Waals surface area contributed by atoms with Gasteiger partial charge in [-0.25, -0.2) is 4.57 Å². The zero-order valence-electron chi connectivity index (χ0n) is 53.2. The minimum absolute atomic E-state index is 0.0312. The van der Waals surface area contributed by atoms with Crippen molar-refractivity contribution in [3.63, 3.8) is 0 Å². The van der Waals surface area contributed by atoms with Crippen molar-refractivity contribution in [3.05, 3.63) is 109 Å². The third-order valence-corrected chi connectivity index (χ3v) is 15.2. The Labute approximate surface area is 500 Å². The summed E-state index contributed by atoms with van der Waals surface area (Å²) < 4.78 is 30.7. The van der Waals surface area contributed by atoms with Crippen LogP contribution in [0.4, 0.5) is 0 Å². The molecule has 0 heterocycles. The number of carbonyl (C=O) groups excluding carboxylic acids is 2. The summed E-state index contributed by atoms with van der Waals surface area (Å²) in [4.78, 5) is 37.8. The lowest BCUT2D eigenvalue weighted by Crippen LogP contribution is -2.47. The molecule has 0 aromatic carbocycles. The van der Waals surface area contributed by atoms with Crippen LogP contribution in [0.2, 0.25) is 0 Å². The summed E-state index contributed by atoms with van der Waals surface area (Å²) >= 11 is 0. The number of unbranched alkanes of at least 4 members (excludes halogenated alkanes) is 27. The molecule has 2 N–H and O–H groups in total. The quantitative estimate of drug-likeness (QED) is 0.0205. The van der Waals surface area contributed by atoms with Gasteiger partial charge in [0.05, 0.1) is 33.8 Å². The van der Waals surface area contributed by atoms with Gasteiger partial charge in [0.1, 0.15) is 19.3 Å². The molecular weight excluding hydrogens is 1020 g/mol. The number of nitrogens with zero attached hydrogens (tertiary/aromatic N) is 1. The lowest BCUT2D eigenvalue weighted by Gasteiger charge is -2.27. The molecule has 0 spiro atoms. The molecule has 0 aliphatic carbocycles. The van der Waals surface area contributed by atoms with E-state index >= 15 is 0 Å². The molecule has 0 rings (SSSR count). The lowest BCUT2D eigenvalue weighted by molar-refractivity contribution is -0.870. The SMILES string of the molecule is CC/C=C\C/C=C\C/C=C\C/C=C\C/C=C\C/C=C\CCCCCCCCC(=O)NC(COP(=O)(O)OCC[N+](C)(C)C)C(/C=C\CCCCCCCCCCC)OC(=O)CCCCCCCCCCC/C=C\C/C=C\CCCCC. The minimum atomic E-state index is -4.46. The highest BCUT2D eigenvalue weighted by atomic mass is 31.2. The van der Waals surface area contributed by atoms with Gasteiger partial charge in [-0.1, -0.05) is 259 Å². The molecule has 3 atom stereocenters. The highest BCUT2D eigenvalue weighted by Gasteiger charge is 2.30. The first-order valence-corrected chi connectivity index (χ1v) is 34.7. The summed E-state index contributed by atoms with van der Waals surface area (Å²) in [7, 11) is 1.47. The fraction of sp³-hybridized carbons (Fsp3) is 0.718. The molecule has 0 aliphatic rings. The van der Waals surface area contributed by atoms with Gasteiger partial charge in [0, 0.05) is 12.8 Å². The number of likely N-dealkylation sites (N-methyl/N-ethyl adjacent to an activating group) is 1. The molecule has 0 radical (unpaired) electrons. The predicted octanol–water partition coefficient (Wildman–Crippen LogP) is 20.9. The number of phosphoric ester groups is 1. The number of hydrogen-bond acceptors (Lipinski definition) is 6. The number of rotatable bonds is 59. The van der Waals surface area contributed by atoms with E-state index in [1.165, 1.54) is 109 Å². The molecule has 0 bridgehead atoms. The van der Waals surface area contributed by atoms with Crippen molar-refractivity contribution in [2.75, 3.05) is 40.9 Å². The van der Waals surface area contributed by atoms with Crippen LogP contribution in [0.15, 0.2) is 109 Å². The van der Waals surface area contributed by atoms with Gasteiger partial charge in [-0.05, 0) is 115 Å². The van der Waals surface area contributed by atoms with Crippen molar-refractivity contribution in [1.29, 1.82) is 0 Å². The Bertz CT molecular complexity index is 1750. The molecule has 9 nitrogen and oxygen atoms in total. The van der Waals surface area contributed by atoms with Crippen molar-refractivity contribution in [2.45, 2.75) is 290 Å². The average Bonchev–Trinajstić information content (AvgIpc) is 3.44. The highest BCUT2D eigenvalue weighted by Crippen LogP contribution is 2.43. The number of amides is 1. The summed E-state index contributed by atoms with van der Waals surface area (Å²) in [5.74, 6) is -0.530. The van der Waals surface area contributed by atoms with E-state index in [2.05, 4.69) is 123 Å². The third kappa shape index (κ3) is 61.1. The Morgan fingerprint density at radius 3 is 1.21 bits per heavy atom. The standard InChI is InChI=1S/C71H125N2O7P/c1-7-10-13-16-19-22-25-27-29-31-33-34-35-36-37-38-40-41-43-45-48-51-54-57-60-63-70(74)72-68(67-79-81(76,77)78-66-65-73(4,5)6)69(62-59-56-53-50-47-24-21-18-15-12-9-3)80-71(75)64-61-58-55-52-49-46-44-42-39-32-30-28-26-23-20-17-14-11-8-2/h10,13,19-20,22-23,27-30,33-34,36-37,40-41,59,62,68-69H,7-9,11-12,14-18,21,24-26,31-32,35,38-39,42-58,60-61,63-67H2,1-6H3,(H-,72,74,76,77)/p+1/b13-10-,22-19-,23-20-,29-27-,30-28-,34-33-,37-36-,41-40-,62-59-. The Morgan fingerprint density at radius 2 is 0.790 bits per heavy atom. The number of ether oxygens (including phenoxy) is 1. The number of nitrogens with one attached hydrogen (secondary N) is 1. The monoisotopic (exact) mass is 1150 g/mol. The maximum atomic E-state index is 13.6. The van der Waals surface area contributed by atoms with E-state index < -0.39 is 20.0 Å². The summed E-state index contributed by atoms with van der Waals surface area (Å²) in [6.07, 6.45) is 82.3. The molecule has 0 aromatic rings. The fourth-order valence-electron chi connectivity index (χ4n) is 9.09. The number of carbonyl (C=O) groups is 2. The number of allylic oxidation sites excluding steroid dienone is 17. The van der Waals surface area contributed by atoms with Crippen LogP contribution < -0.4 is 5.32 Å². The second kappa shape index (κ2) is 59.8. The van der Waals surface area contributed by atoms with Crippen molar-refractivity contribution in [3.8, 4) is 0 Å². The molecule has 81 heavy (non-hydrogen) atoms. The predicted molar refractivity (Wildman–Crippen MR) is 350 cm³/mol. The van der Waals surface area contributed by atoms with Gasteiger partial charge < -0.3 is 19.4 Å². The van der Waals surface area contributed by atoms with Gasteiger partial charge in [-0.15, -0.1) is 0 Å². The Hall–Kier alpha value is -3.33. The van der Waals surface area contributed by atoms with E-state index in [1.54, 1.807) is 0 Å². The first kappa shape index (κ1) is 77.7. The van der Waals surface area contributed by atoms with E-state index in [4.69, 9.17) is 13.8 Å². The van der Waals surface area contributed by atoms with Crippen LogP contribution in [0.3, 0.4) is 0 Å². The van der Waals surface area contributed by atoms with Crippen molar-refractivity contribution in [1.82, 2.24) is 5.32 Å². The van der Waals surface area contributed by atoms with E-state index in [-0.39, 0.29) is 31.5 Å². The average molecular weight is 1150 g/mol. The summed E-state index contributed by atoms with van der Waals surface area (Å²) in [6, 6.07) is -0.865. The van der Waals surface area contributed by atoms with Crippen LogP contribution in [0, 0.1) is 0 Å². The molecular formula is C71H126N2O7P+. The van der Waals surface area contributed by atoms with Crippen LogP contribution >= 0.6 is 7.82 Å². The molecule has 466 valence electrons. The van der Waals surface area contributed by atoms with Gasteiger partial charge in [-0.2, -0.15) is 0 Å². The largest absolute Gasteiger partial charge is 0.472 e. The smallest absolute Gasteiger partial charge is 0.456 e. The zero-order valence-corrected chi connectivity index (χ0v) is 54.1. The molecule has 1 amide bonds. The molecule has 0 saturated heterocycles. The fourth-order valence-corrected chi connectivity index (χ4v) is 9.83. The van der Waals surface area contributed by atoms with Crippen molar-refractivity contribution in [2.24, 2.45) is 0 Å². The van der Waals surface area contributed by atoms with Crippen LogP contribution in [0.25, 0.3) is 0 Å². The van der Waals surface area contributed by atoms with Gasteiger partial charge in [0.15, 0.2) is 0 Å². The van der Waals surface area contributed by atoms with E-state index in [0.717, 1.165) is 135 Å². The molecule has 3 unspecified atom stereocenters. The Morgan fingerprint density at radius 1 is 0.444 bits per heavy atom. The summed E-state index contributed by atoms with van der Waals surface area (Å²) in [6.45, 7) is 6.86. The van der Waals surface area contributed by atoms with Crippen molar-refractivity contribution >= 4 is 19.7 Å². The summed E-state index contributed by atoms with van der Waals surface area (Å²) in [5, 5.41) is 3.05. The number of quaternary nitrogens is 1. The maximum Gasteiger partial charge on any atom is 0.472 e. The van der Waals surface area contributed by atoms with E-state index in [1.807, 2.05) is 33.3 Å². The van der Waals surface area contributed by atoms with Gasteiger partial charge in [-0.3, -0.25) is 18.6 Å². The topological polar surface area (TPSA) is 111 Å². The second-order valence-corrected chi connectivity index (χ2v) is 24.7. The van der Waals surface area contributed by atoms with Crippen molar-refractivity contribution < 1.29 is 37.3 Å². The molecule has 0 aliphatic heterocycles. The van der Waals surface area contributed by atoms with Crippen LogP contribution in [-0.4, -0.2) is 74.3 Å². The van der Waals surface area contributed by atoms with Crippen LogP contribution in [-0.2, 0) is 27.9 Å². The first-order chi connectivity index (χ1) is 39.4. The van der Waals surface area contributed by atoms with E-state index in [9.17, 15) is 19.0 Å². The van der Waals surface area contributed by atoms with Gasteiger partial charge >= 0.3 is 13.8 Å². The molecule has 0 aromatic heterocycles. The summed E-state index contributed by atoms with van der Waals surface area (Å²) in [5.41, 5.74) is 0. The van der Waals surface area contributed by atoms with Crippen LogP contribution in [0.1, 0.15) is 278 Å². The minimum Gasteiger partial charge on any atom is -0.456 e. The Balaban J connectivity index is 5.16. The molecule has 0 fully saturated rings. The van der Waals surface area contributed by atoms with Crippen LogP contribution in [0.5, 0.6) is 0 Å².